The van der Waals surface area contributed by atoms with Crippen molar-refractivity contribution in [1.29, 1.82) is 0 Å². The number of benzene rings is 2. The smallest absolute Gasteiger partial charge is 0.378 e. The first-order chi connectivity index (χ1) is 13.9. The molecule has 30 heavy (non-hydrogen) atoms. The van der Waals surface area contributed by atoms with E-state index in [-0.39, 0.29) is 31.4 Å². The van der Waals surface area contributed by atoms with Crippen LogP contribution in [0.25, 0.3) is 0 Å². The number of rotatable bonds is 4. The van der Waals surface area contributed by atoms with Gasteiger partial charge in [-0.05, 0) is 48.4 Å². The first kappa shape index (κ1) is 22.5. The summed E-state index contributed by atoms with van der Waals surface area (Å²) in [4.78, 5) is 5.73. The minimum absolute atomic E-state index is 0.0757. The summed E-state index contributed by atoms with van der Waals surface area (Å²) in [7, 11) is 0. The molecule has 2 atom stereocenters. The Kier molecular flexibility index (Phi) is 6.40. The van der Waals surface area contributed by atoms with Crippen molar-refractivity contribution in [1.82, 2.24) is 5.06 Å². The van der Waals surface area contributed by atoms with Crippen LogP contribution < -0.4 is 0 Å². The van der Waals surface area contributed by atoms with Gasteiger partial charge >= 0.3 is 12.4 Å². The Labute approximate surface area is 168 Å². The Morgan fingerprint density at radius 1 is 0.967 bits per heavy atom. The average molecular weight is 437 g/mol. The van der Waals surface area contributed by atoms with Crippen LogP contribution in [0.1, 0.15) is 41.3 Å². The molecule has 0 amide bonds. The second-order valence-corrected chi connectivity index (χ2v) is 6.87. The SMILES string of the molecule is C[C@H](ON1CCOC[C@@H]1c1ccc(F)cc1)c1cc(C(F)(F)F)cc(C(F)(F)F)c1. The van der Waals surface area contributed by atoms with E-state index in [0.29, 0.717) is 17.7 Å². The molecule has 0 saturated carbocycles. The zero-order chi connectivity index (χ0) is 22.1. The van der Waals surface area contributed by atoms with Crippen LogP contribution >= 0.6 is 0 Å². The first-order valence-corrected chi connectivity index (χ1v) is 9.01. The molecule has 0 aromatic heterocycles. The zero-order valence-corrected chi connectivity index (χ0v) is 15.7. The lowest BCUT2D eigenvalue weighted by atomic mass is 10.0. The highest BCUT2D eigenvalue weighted by atomic mass is 19.4. The fraction of sp³-hybridized carbons (Fsp3) is 0.400. The molecule has 0 bridgehead atoms. The van der Waals surface area contributed by atoms with Crippen molar-refractivity contribution >= 4 is 0 Å². The van der Waals surface area contributed by atoms with Gasteiger partial charge in [-0.1, -0.05) is 12.1 Å². The summed E-state index contributed by atoms with van der Waals surface area (Å²) in [5.41, 5.74) is -2.43. The number of hydrogen-bond donors (Lipinski definition) is 0. The summed E-state index contributed by atoms with van der Waals surface area (Å²) in [6.45, 7) is 2.04. The molecule has 2 aromatic carbocycles. The van der Waals surface area contributed by atoms with Crippen LogP contribution in [0, 0.1) is 5.82 Å². The minimum Gasteiger partial charge on any atom is -0.378 e. The summed E-state index contributed by atoms with van der Waals surface area (Å²) in [5, 5.41) is 1.44. The van der Waals surface area contributed by atoms with Crippen LogP contribution in [-0.4, -0.2) is 24.8 Å². The molecule has 0 unspecified atom stereocenters. The molecule has 1 fully saturated rings. The second-order valence-electron chi connectivity index (χ2n) is 6.87. The van der Waals surface area contributed by atoms with E-state index in [0.717, 1.165) is 0 Å². The largest absolute Gasteiger partial charge is 0.416 e. The Morgan fingerprint density at radius 2 is 1.53 bits per heavy atom. The van der Waals surface area contributed by atoms with Crippen molar-refractivity contribution in [3.63, 3.8) is 0 Å². The van der Waals surface area contributed by atoms with Gasteiger partial charge in [0.15, 0.2) is 0 Å². The molecular weight excluding hydrogens is 419 g/mol. The Morgan fingerprint density at radius 3 is 2.07 bits per heavy atom. The van der Waals surface area contributed by atoms with E-state index in [2.05, 4.69) is 0 Å². The lowest BCUT2D eigenvalue weighted by molar-refractivity contribution is -0.253. The molecule has 164 valence electrons. The van der Waals surface area contributed by atoms with Gasteiger partial charge in [0.2, 0.25) is 0 Å². The number of halogens is 7. The predicted molar refractivity (Wildman–Crippen MR) is 92.6 cm³/mol. The number of hydroxylamine groups is 2. The third-order valence-corrected chi connectivity index (χ3v) is 4.71. The van der Waals surface area contributed by atoms with Crippen LogP contribution in [0.5, 0.6) is 0 Å². The number of ether oxygens (including phenoxy) is 1. The highest BCUT2D eigenvalue weighted by Crippen LogP contribution is 2.38. The Hall–Kier alpha value is -2.17. The molecule has 1 aliphatic rings. The molecule has 3 rings (SSSR count). The van der Waals surface area contributed by atoms with Crippen molar-refractivity contribution in [2.75, 3.05) is 19.8 Å². The molecule has 0 aliphatic carbocycles. The molecule has 2 aromatic rings. The minimum atomic E-state index is -4.94. The summed E-state index contributed by atoms with van der Waals surface area (Å²) in [6, 6.07) is 6.40. The fourth-order valence-electron chi connectivity index (χ4n) is 3.14. The lowest BCUT2D eigenvalue weighted by Gasteiger charge is -2.36. The Bertz CT molecular complexity index is 833. The van der Waals surface area contributed by atoms with E-state index in [1.165, 1.54) is 36.3 Å². The van der Waals surface area contributed by atoms with Crippen molar-refractivity contribution in [2.24, 2.45) is 0 Å². The molecule has 1 heterocycles. The quantitative estimate of drug-likeness (QED) is 0.554. The van der Waals surface area contributed by atoms with Crippen molar-refractivity contribution in [3.8, 4) is 0 Å². The van der Waals surface area contributed by atoms with Gasteiger partial charge in [-0.25, -0.2) is 4.39 Å². The predicted octanol–water partition coefficient (Wildman–Crippen LogP) is 5.93. The van der Waals surface area contributed by atoms with Gasteiger partial charge in [-0.15, -0.1) is 0 Å². The highest BCUT2D eigenvalue weighted by molar-refractivity contribution is 5.34. The van der Waals surface area contributed by atoms with Crippen molar-refractivity contribution in [3.05, 3.63) is 70.5 Å². The van der Waals surface area contributed by atoms with Gasteiger partial charge in [-0.2, -0.15) is 31.4 Å². The number of morpholine rings is 1. The summed E-state index contributed by atoms with van der Waals surface area (Å²) in [5.74, 6) is -0.444. The third-order valence-electron chi connectivity index (χ3n) is 4.71. The van der Waals surface area contributed by atoms with Crippen molar-refractivity contribution < 1.29 is 40.3 Å². The summed E-state index contributed by atoms with van der Waals surface area (Å²) in [6.07, 6.45) is -11.0. The molecular formula is C20H18F7NO2. The molecule has 0 spiro atoms. The topological polar surface area (TPSA) is 21.7 Å². The zero-order valence-electron chi connectivity index (χ0n) is 15.7. The highest BCUT2D eigenvalue weighted by Gasteiger charge is 2.38. The molecule has 1 saturated heterocycles. The number of hydrogen-bond acceptors (Lipinski definition) is 3. The van der Waals surface area contributed by atoms with Crippen LogP contribution in [0.15, 0.2) is 42.5 Å². The molecule has 1 aliphatic heterocycles. The maximum Gasteiger partial charge on any atom is 0.416 e. The Balaban J connectivity index is 1.88. The van der Waals surface area contributed by atoms with E-state index < -0.39 is 41.4 Å². The summed E-state index contributed by atoms with van der Waals surface area (Å²) >= 11 is 0. The van der Waals surface area contributed by atoms with Gasteiger partial charge < -0.3 is 4.74 Å². The van der Waals surface area contributed by atoms with E-state index >= 15 is 0 Å². The fourth-order valence-corrected chi connectivity index (χ4v) is 3.14. The number of nitrogens with zero attached hydrogens (tertiary/aromatic N) is 1. The first-order valence-electron chi connectivity index (χ1n) is 9.01. The summed E-state index contributed by atoms with van der Waals surface area (Å²) < 4.78 is 97.2. The van der Waals surface area contributed by atoms with E-state index in [9.17, 15) is 30.7 Å². The third kappa shape index (κ3) is 5.30. The van der Waals surface area contributed by atoms with Gasteiger partial charge in [0.1, 0.15) is 11.9 Å². The molecule has 3 nitrogen and oxygen atoms in total. The normalized spacial score (nSPS) is 19.7. The standard InChI is InChI=1S/C20H18F7NO2/c1-12(14-8-15(19(22,23)24)10-16(9-14)20(25,26)27)30-28-6-7-29-11-18(28)13-2-4-17(21)5-3-13/h2-5,8-10,12,18H,6-7,11H2,1H3/t12-,18+/m0/s1. The monoisotopic (exact) mass is 437 g/mol. The second kappa shape index (κ2) is 8.52. The van der Waals surface area contributed by atoms with Crippen LogP contribution in [0.3, 0.4) is 0 Å². The van der Waals surface area contributed by atoms with Gasteiger partial charge in [0.05, 0.1) is 30.4 Å². The van der Waals surface area contributed by atoms with Crippen LogP contribution in [0.4, 0.5) is 30.7 Å². The van der Waals surface area contributed by atoms with Gasteiger partial charge in [0, 0.05) is 6.54 Å². The van der Waals surface area contributed by atoms with Crippen LogP contribution in [-0.2, 0) is 21.9 Å². The number of alkyl halides is 6. The molecule has 10 heteroatoms. The lowest BCUT2D eigenvalue weighted by Crippen LogP contribution is -2.40. The maximum atomic E-state index is 13.2. The van der Waals surface area contributed by atoms with Gasteiger partial charge in [-0.3, -0.25) is 4.84 Å². The van der Waals surface area contributed by atoms with Gasteiger partial charge in [0.25, 0.3) is 0 Å². The maximum absolute atomic E-state index is 13.2. The average Bonchev–Trinajstić information content (AvgIpc) is 2.67. The van der Waals surface area contributed by atoms with Crippen molar-refractivity contribution in [2.45, 2.75) is 31.4 Å². The molecule has 0 N–H and O–H groups in total. The molecule has 0 radical (unpaired) electrons. The van der Waals surface area contributed by atoms with E-state index in [1.54, 1.807) is 0 Å². The van der Waals surface area contributed by atoms with Crippen LogP contribution in [0.2, 0.25) is 0 Å². The van der Waals surface area contributed by atoms with E-state index in [1.807, 2.05) is 0 Å². The van der Waals surface area contributed by atoms with E-state index in [4.69, 9.17) is 9.57 Å².